The molecule has 0 N–H and O–H groups in total. The fraction of sp³-hybridized carbons (Fsp3) is 0.125. The molecule has 1 rings (SSSR count). The SMILES string of the molecule is Cl.[CH2-]Cc1ccc(F)c(F)c1.[Zn]. The number of rotatable bonds is 1. The van der Waals surface area contributed by atoms with E-state index >= 15 is 0 Å². The summed E-state index contributed by atoms with van der Waals surface area (Å²) in [6.07, 6.45) is 0.483. The zero-order chi connectivity index (χ0) is 7.56. The van der Waals surface area contributed by atoms with E-state index < -0.39 is 11.6 Å². The van der Waals surface area contributed by atoms with Crippen LogP contribution in [0.1, 0.15) is 5.56 Å². The number of benzene rings is 1. The topological polar surface area (TPSA) is 0 Å². The quantitative estimate of drug-likeness (QED) is 0.525. The Morgan fingerprint density at radius 1 is 1.17 bits per heavy atom. The number of hydrogen-bond donors (Lipinski definition) is 0. The Labute approximate surface area is 89.5 Å². The molecule has 0 atom stereocenters. The first kappa shape index (κ1) is 14.5. The summed E-state index contributed by atoms with van der Waals surface area (Å²) >= 11 is 0. The Kier molecular flexibility index (Phi) is 7.87. The third-order valence-electron chi connectivity index (χ3n) is 1.27. The van der Waals surface area contributed by atoms with Gasteiger partial charge in [-0.05, 0) is 12.1 Å². The Morgan fingerprint density at radius 2 is 1.75 bits per heavy atom. The molecule has 0 fully saturated rings. The van der Waals surface area contributed by atoms with Crippen LogP contribution in [-0.2, 0) is 25.9 Å². The van der Waals surface area contributed by atoms with Gasteiger partial charge in [0.1, 0.15) is 0 Å². The van der Waals surface area contributed by atoms with Crippen molar-refractivity contribution in [2.24, 2.45) is 0 Å². The predicted molar refractivity (Wildman–Crippen MR) is 42.7 cm³/mol. The van der Waals surface area contributed by atoms with Gasteiger partial charge >= 0.3 is 0 Å². The summed E-state index contributed by atoms with van der Waals surface area (Å²) in [6.45, 7) is 3.54. The van der Waals surface area contributed by atoms with Crippen molar-refractivity contribution >= 4 is 12.4 Å². The third-order valence-corrected chi connectivity index (χ3v) is 1.27. The van der Waals surface area contributed by atoms with Crippen molar-refractivity contribution in [1.82, 2.24) is 0 Å². The van der Waals surface area contributed by atoms with Crippen LogP contribution in [0.3, 0.4) is 0 Å². The van der Waals surface area contributed by atoms with Gasteiger partial charge < -0.3 is 6.92 Å². The van der Waals surface area contributed by atoms with E-state index in [1.54, 1.807) is 0 Å². The molecule has 0 aliphatic rings. The molecule has 4 heteroatoms. The molecule has 0 saturated carbocycles. The predicted octanol–water partition coefficient (Wildman–Crippen LogP) is 2.76. The van der Waals surface area contributed by atoms with E-state index in [9.17, 15) is 8.78 Å². The maximum absolute atomic E-state index is 12.4. The van der Waals surface area contributed by atoms with E-state index in [2.05, 4.69) is 6.92 Å². The van der Waals surface area contributed by atoms with Crippen LogP contribution in [0.15, 0.2) is 18.2 Å². The maximum Gasteiger partial charge on any atom is 0.159 e. The van der Waals surface area contributed by atoms with Gasteiger partial charge in [-0.3, -0.25) is 0 Å². The van der Waals surface area contributed by atoms with Gasteiger partial charge in [0.15, 0.2) is 11.6 Å². The largest absolute Gasteiger partial charge is 0.339 e. The molecule has 0 bridgehead atoms. The summed E-state index contributed by atoms with van der Waals surface area (Å²) in [5.74, 6) is -1.61. The summed E-state index contributed by atoms with van der Waals surface area (Å²) in [4.78, 5) is 0. The third kappa shape index (κ3) is 3.60. The summed E-state index contributed by atoms with van der Waals surface area (Å²) in [5, 5.41) is 0. The molecule has 0 nitrogen and oxygen atoms in total. The van der Waals surface area contributed by atoms with Crippen LogP contribution in [0.25, 0.3) is 0 Å². The molecule has 64 valence electrons. The minimum absolute atomic E-state index is 0. The molecule has 12 heavy (non-hydrogen) atoms. The summed E-state index contributed by atoms with van der Waals surface area (Å²) in [6, 6.07) is 3.78. The molecule has 0 amide bonds. The van der Waals surface area contributed by atoms with Crippen LogP contribution < -0.4 is 0 Å². The Morgan fingerprint density at radius 3 is 2.17 bits per heavy atom. The molecule has 0 aliphatic carbocycles. The molecule has 1 aromatic rings. The molecular weight excluding hydrogens is 235 g/mol. The second-order valence-electron chi connectivity index (χ2n) is 2.00. The monoisotopic (exact) mass is 241 g/mol. The number of halogens is 3. The van der Waals surface area contributed by atoms with Crippen molar-refractivity contribution in [1.29, 1.82) is 0 Å². The van der Waals surface area contributed by atoms with Crippen LogP contribution >= 0.6 is 12.4 Å². The van der Waals surface area contributed by atoms with Gasteiger partial charge in [0.2, 0.25) is 0 Å². The van der Waals surface area contributed by atoms with Gasteiger partial charge in [0.05, 0.1) is 0 Å². The zero-order valence-electron chi connectivity index (χ0n) is 6.52. The van der Waals surface area contributed by atoms with E-state index in [-0.39, 0.29) is 31.9 Å². The van der Waals surface area contributed by atoms with Crippen LogP contribution in [-0.4, -0.2) is 0 Å². The average molecular weight is 243 g/mol. The smallest absolute Gasteiger partial charge is 0.159 e. The molecule has 0 heterocycles. The molecular formula is C8H8ClF2Zn-. The molecule has 0 unspecified atom stereocenters. The van der Waals surface area contributed by atoms with Crippen LogP contribution in [0, 0.1) is 18.6 Å². The summed E-state index contributed by atoms with van der Waals surface area (Å²) in [5.41, 5.74) is 0.707. The Hall–Kier alpha value is -0.00662. The first-order valence-corrected chi connectivity index (χ1v) is 2.97. The molecule has 0 spiro atoms. The van der Waals surface area contributed by atoms with E-state index in [1.165, 1.54) is 6.07 Å². The fourth-order valence-electron chi connectivity index (χ4n) is 0.695. The number of hydrogen-bond acceptors (Lipinski definition) is 0. The fourth-order valence-corrected chi connectivity index (χ4v) is 0.695. The van der Waals surface area contributed by atoms with E-state index in [0.717, 1.165) is 12.1 Å². The van der Waals surface area contributed by atoms with Crippen molar-refractivity contribution in [3.63, 3.8) is 0 Å². The van der Waals surface area contributed by atoms with E-state index in [4.69, 9.17) is 0 Å². The second-order valence-corrected chi connectivity index (χ2v) is 2.00. The summed E-state index contributed by atoms with van der Waals surface area (Å²) < 4.78 is 24.6. The second kappa shape index (κ2) is 6.50. The van der Waals surface area contributed by atoms with Crippen molar-refractivity contribution in [3.8, 4) is 0 Å². The standard InChI is InChI=1S/C8H7F2.ClH.Zn/c1-2-6-3-4-7(9)8(10)5-6;;/h3-5H,1-2H2;1H;/q-1;;. The van der Waals surface area contributed by atoms with Crippen molar-refractivity contribution in [2.45, 2.75) is 6.42 Å². The average Bonchev–Trinajstić information content (AvgIpc) is 1.95. The first-order chi connectivity index (χ1) is 4.74. The van der Waals surface area contributed by atoms with Gasteiger partial charge in [-0.2, -0.15) is 6.42 Å². The Bertz CT molecular complexity index is 240. The molecule has 0 radical (unpaired) electrons. The normalized spacial score (nSPS) is 8.25. The van der Waals surface area contributed by atoms with Crippen molar-refractivity contribution < 1.29 is 28.3 Å². The molecule has 1 aromatic carbocycles. The van der Waals surface area contributed by atoms with E-state index in [1.807, 2.05) is 0 Å². The van der Waals surface area contributed by atoms with Gasteiger partial charge in [-0.15, -0.1) is 12.4 Å². The molecule has 0 saturated heterocycles. The van der Waals surface area contributed by atoms with Crippen molar-refractivity contribution in [3.05, 3.63) is 42.3 Å². The summed E-state index contributed by atoms with van der Waals surface area (Å²) in [7, 11) is 0. The van der Waals surface area contributed by atoms with Gasteiger partial charge in [-0.1, -0.05) is 11.6 Å². The first-order valence-electron chi connectivity index (χ1n) is 2.97. The zero-order valence-corrected chi connectivity index (χ0v) is 10.3. The minimum atomic E-state index is -0.808. The van der Waals surface area contributed by atoms with E-state index in [0.29, 0.717) is 12.0 Å². The maximum atomic E-state index is 12.4. The van der Waals surface area contributed by atoms with Crippen LogP contribution in [0.4, 0.5) is 8.78 Å². The van der Waals surface area contributed by atoms with Crippen LogP contribution in [0.5, 0.6) is 0 Å². The van der Waals surface area contributed by atoms with Gasteiger partial charge in [0.25, 0.3) is 0 Å². The van der Waals surface area contributed by atoms with Gasteiger partial charge in [0, 0.05) is 19.5 Å². The van der Waals surface area contributed by atoms with Crippen LogP contribution in [0.2, 0.25) is 0 Å². The van der Waals surface area contributed by atoms with Gasteiger partial charge in [-0.25, -0.2) is 8.78 Å². The Balaban J connectivity index is 0. The minimum Gasteiger partial charge on any atom is -0.339 e. The van der Waals surface area contributed by atoms with Crippen molar-refractivity contribution in [2.75, 3.05) is 0 Å². The molecule has 0 aliphatic heterocycles. The molecule has 0 aromatic heterocycles.